The van der Waals surface area contributed by atoms with Gasteiger partial charge in [-0.05, 0) is 61.3 Å². The van der Waals surface area contributed by atoms with Crippen molar-refractivity contribution >= 4 is 5.97 Å². The third-order valence-electron chi connectivity index (χ3n) is 5.92. The van der Waals surface area contributed by atoms with Crippen molar-refractivity contribution in [1.82, 2.24) is 0 Å². The van der Waals surface area contributed by atoms with Crippen molar-refractivity contribution < 1.29 is 24.9 Å². The zero-order chi connectivity index (χ0) is 15.6. The van der Waals surface area contributed by atoms with Crippen LogP contribution in [0.5, 0.6) is 11.5 Å². The van der Waals surface area contributed by atoms with E-state index in [-0.39, 0.29) is 35.2 Å². The number of phenolic OH excluding ortho intramolecular Hbond substituents is 2. The van der Waals surface area contributed by atoms with Crippen molar-refractivity contribution in [2.45, 2.75) is 37.7 Å². The van der Waals surface area contributed by atoms with Gasteiger partial charge in [0.25, 0.3) is 0 Å². The van der Waals surface area contributed by atoms with Gasteiger partial charge in [0, 0.05) is 5.41 Å². The van der Waals surface area contributed by atoms with Crippen LogP contribution in [0.15, 0.2) is 12.1 Å². The molecule has 3 aliphatic rings. The summed E-state index contributed by atoms with van der Waals surface area (Å²) in [4.78, 5) is 12.1. The predicted molar refractivity (Wildman–Crippen MR) is 77.5 cm³/mol. The van der Waals surface area contributed by atoms with Crippen LogP contribution >= 0.6 is 0 Å². The predicted octanol–water partition coefficient (Wildman–Crippen LogP) is 1.47. The van der Waals surface area contributed by atoms with Crippen molar-refractivity contribution in [1.29, 1.82) is 0 Å². The van der Waals surface area contributed by atoms with E-state index >= 15 is 0 Å². The van der Waals surface area contributed by atoms with Crippen molar-refractivity contribution in [3.05, 3.63) is 23.3 Å². The highest BCUT2D eigenvalue weighted by atomic mass is 16.5. The van der Waals surface area contributed by atoms with Gasteiger partial charge in [-0.1, -0.05) is 0 Å². The highest BCUT2D eigenvalue weighted by molar-refractivity contribution is 5.78. The lowest BCUT2D eigenvalue weighted by atomic mass is 9.74. The van der Waals surface area contributed by atoms with Crippen molar-refractivity contribution in [3.63, 3.8) is 0 Å². The molecule has 0 aromatic heterocycles. The second-order valence-electron chi connectivity index (χ2n) is 6.76. The van der Waals surface area contributed by atoms with E-state index in [1.165, 1.54) is 6.07 Å². The zero-order valence-electron chi connectivity index (χ0n) is 12.5. The summed E-state index contributed by atoms with van der Waals surface area (Å²) in [5, 5.41) is 30.2. The minimum absolute atomic E-state index is 0.0896. The molecule has 0 amide bonds. The summed E-state index contributed by atoms with van der Waals surface area (Å²) in [7, 11) is 0. The van der Waals surface area contributed by atoms with Crippen LogP contribution < -0.4 is 0 Å². The van der Waals surface area contributed by atoms with Gasteiger partial charge in [0.15, 0.2) is 11.5 Å². The molecule has 5 atom stereocenters. The third-order valence-corrected chi connectivity index (χ3v) is 5.92. The fourth-order valence-electron chi connectivity index (χ4n) is 5.06. The average Bonchev–Trinajstić information content (AvgIpc) is 2.99. The first kappa shape index (κ1) is 13.9. The summed E-state index contributed by atoms with van der Waals surface area (Å²) in [6, 6.07) is 3.11. The first-order valence-electron chi connectivity index (χ1n) is 7.90. The van der Waals surface area contributed by atoms with Crippen LogP contribution in [0.2, 0.25) is 0 Å². The van der Waals surface area contributed by atoms with Gasteiger partial charge < -0.3 is 20.1 Å². The quantitative estimate of drug-likeness (QED) is 0.569. The maximum atomic E-state index is 12.1. The summed E-state index contributed by atoms with van der Waals surface area (Å²) in [5.74, 6) is -0.257. The molecule has 3 aliphatic carbocycles. The number of carbonyl (C=O) groups excluding carboxylic acids is 1. The van der Waals surface area contributed by atoms with Crippen molar-refractivity contribution in [2.24, 2.45) is 17.8 Å². The first-order chi connectivity index (χ1) is 10.5. The van der Waals surface area contributed by atoms with Crippen LogP contribution in [0.25, 0.3) is 0 Å². The summed E-state index contributed by atoms with van der Waals surface area (Å²) >= 11 is 0. The normalized spacial score (nSPS) is 37.9. The van der Waals surface area contributed by atoms with Gasteiger partial charge in [-0.2, -0.15) is 0 Å². The minimum atomic E-state index is -0.571. The molecule has 0 bridgehead atoms. The van der Waals surface area contributed by atoms with Crippen LogP contribution in [0, 0.1) is 17.8 Å². The Morgan fingerprint density at radius 1 is 1.36 bits per heavy atom. The number of aliphatic hydroxyl groups is 1. The second kappa shape index (κ2) is 4.38. The molecule has 5 heteroatoms. The third kappa shape index (κ3) is 1.55. The highest BCUT2D eigenvalue weighted by Gasteiger charge is 2.72. The Morgan fingerprint density at radius 3 is 2.82 bits per heavy atom. The first-order valence-corrected chi connectivity index (χ1v) is 7.90. The molecule has 0 unspecified atom stereocenters. The number of aliphatic hydroxyl groups excluding tert-OH is 1. The Bertz CT molecular complexity index is 655. The van der Waals surface area contributed by atoms with Gasteiger partial charge in [-0.3, -0.25) is 4.79 Å². The van der Waals surface area contributed by atoms with E-state index in [0.29, 0.717) is 13.0 Å². The van der Waals surface area contributed by atoms with E-state index in [9.17, 15) is 20.1 Å². The lowest BCUT2D eigenvalue weighted by Gasteiger charge is -2.32. The van der Waals surface area contributed by atoms with E-state index in [1.807, 2.05) is 0 Å². The lowest BCUT2D eigenvalue weighted by molar-refractivity contribution is -0.146. The zero-order valence-corrected chi connectivity index (χ0v) is 12.5. The molecule has 22 heavy (non-hydrogen) atoms. The summed E-state index contributed by atoms with van der Waals surface area (Å²) in [6.07, 6.45) is 1.60. The molecule has 1 aromatic rings. The maximum absolute atomic E-state index is 12.1. The second-order valence-corrected chi connectivity index (χ2v) is 6.76. The molecule has 1 spiro atoms. The number of ether oxygens (including phenoxy) is 1. The number of rotatable bonds is 2. The lowest BCUT2D eigenvalue weighted by Crippen LogP contribution is -2.38. The van der Waals surface area contributed by atoms with Crippen LogP contribution in [-0.4, -0.2) is 34.0 Å². The maximum Gasteiger partial charge on any atom is 0.309 e. The van der Waals surface area contributed by atoms with E-state index in [1.54, 1.807) is 13.0 Å². The molecule has 0 heterocycles. The van der Waals surface area contributed by atoms with E-state index < -0.39 is 11.5 Å². The fraction of sp³-hybridized carbons (Fsp3) is 0.588. The van der Waals surface area contributed by atoms with E-state index in [2.05, 4.69) is 0 Å². The molecular formula is C17H20O5. The molecule has 4 rings (SSSR count). The molecule has 0 saturated heterocycles. The van der Waals surface area contributed by atoms with Gasteiger partial charge in [-0.15, -0.1) is 0 Å². The summed E-state index contributed by atoms with van der Waals surface area (Å²) in [6.45, 7) is 2.17. The van der Waals surface area contributed by atoms with E-state index in [4.69, 9.17) is 4.74 Å². The Balaban J connectivity index is 1.74. The molecule has 0 radical (unpaired) electrons. The van der Waals surface area contributed by atoms with Crippen LogP contribution in [0.3, 0.4) is 0 Å². The molecule has 5 nitrogen and oxygen atoms in total. The number of aromatic hydroxyl groups is 2. The smallest absolute Gasteiger partial charge is 0.309 e. The molecule has 3 N–H and O–H groups in total. The van der Waals surface area contributed by atoms with Gasteiger partial charge in [-0.25, -0.2) is 0 Å². The molecular weight excluding hydrogens is 284 g/mol. The Morgan fingerprint density at radius 2 is 2.09 bits per heavy atom. The van der Waals surface area contributed by atoms with Crippen LogP contribution in [-0.2, 0) is 21.4 Å². The topological polar surface area (TPSA) is 87.0 Å². The van der Waals surface area contributed by atoms with Crippen LogP contribution in [0.1, 0.15) is 30.9 Å². The Labute approximate surface area is 128 Å². The average molecular weight is 304 g/mol. The molecule has 118 valence electrons. The number of hydrogen-bond acceptors (Lipinski definition) is 5. The largest absolute Gasteiger partial charge is 0.504 e. The fourth-order valence-corrected chi connectivity index (χ4v) is 5.06. The minimum Gasteiger partial charge on any atom is -0.504 e. The summed E-state index contributed by atoms with van der Waals surface area (Å²) in [5.41, 5.74) is 1.30. The standard InChI is InChI=1S/C17H20O5/c1-2-22-16(21)14-9-3-4-17(15(9)14)10-7-12(19)11(18)5-8(10)6-13(17)20/h5,7,9,13-15,18-20H,2-4,6H2,1H3/t9-,13+,14-,15-,17+/m0/s1. The molecule has 0 aliphatic heterocycles. The number of phenols is 2. The van der Waals surface area contributed by atoms with Gasteiger partial charge in [0.2, 0.25) is 0 Å². The molecule has 2 fully saturated rings. The summed E-state index contributed by atoms with van der Waals surface area (Å²) < 4.78 is 5.16. The Kier molecular flexibility index (Phi) is 2.77. The number of benzene rings is 1. The number of fused-ring (bicyclic) bond motifs is 4. The van der Waals surface area contributed by atoms with Gasteiger partial charge in [0.1, 0.15) is 0 Å². The molecule has 1 aromatic carbocycles. The number of carbonyl (C=O) groups is 1. The van der Waals surface area contributed by atoms with Crippen molar-refractivity contribution in [2.75, 3.05) is 6.61 Å². The number of hydrogen-bond donors (Lipinski definition) is 3. The number of esters is 1. The van der Waals surface area contributed by atoms with Crippen LogP contribution in [0.4, 0.5) is 0 Å². The monoisotopic (exact) mass is 304 g/mol. The van der Waals surface area contributed by atoms with Gasteiger partial charge in [0.05, 0.1) is 18.6 Å². The van der Waals surface area contributed by atoms with Gasteiger partial charge >= 0.3 is 5.97 Å². The van der Waals surface area contributed by atoms with E-state index in [0.717, 1.165) is 24.0 Å². The molecule has 2 saturated carbocycles. The van der Waals surface area contributed by atoms with Crippen molar-refractivity contribution in [3.8, 4) is 11.5 Å². The Hall–Kier alpha value is -1.75. The SMILES string of the molecule is CCOC(=O)[C@H]1[C@@H]2CC[C@]3(c4cc(O)c(O)cc4C[C@H]3O)[C@@H]21. The highest BCUT2D eigenvalue weighted by Crippen LogP contribution is 2.70.